The van der Waals surface area contributed by atoms with Gasteiger partial charge in [0.05, 0.1) is 13.8 Å². The minimum Gasteiger partial charge on any atom is -0.469 e. The molecule has 0 saturated heterocycles. The van der Waals surface area contributed by atoms with E-state index in [2.05, 4.69) is 4.74 Å². The van der Waals surface area contributed by atoms with Gasteiger partial charge >= 0.3 is 5.97 Å². The zero-order valence-corrected chi connectivity index (χ0v) is 11.9. The summed E-state index contributed by atoms with van der Waals surface area (Å²) in [6.45, 7) is -0.161. The number of unbranched alkanes of at least 4 members (excludes halogenated alkanes) is 10. The van der Waals surface area contributed by atoms with Gasteiger partial charge in [0.25, 0.3) is 0 Å². The molecule has 0 aromatic carbocycles. The molecule has 0 fully saturated rings. The van der Waals surface area contributed by atoms with Crippen LogP contribution in [0.3, 0.4) is 0 Å². The molecule has 0 aromatic rings. The van der Waals surface area contributed by atoms with E-state index in [0.717, 1.165) is 25.7 Å². The number of esters is 1. The zero-order chi connectivity index (χ0) is 13.5. The van der Waals surface area contributed by atoms with Gasteiger partial charge in [-0.1, -0.05) is 57.8 Å². The van der Waals surface area contributed by atoms with Crippen LogP contribution in [0.25, 0.3) is 0 Å². The number of ether oxygens (including phenoxy) is 1. The van der Waals surface area contributed by atoms with Crippen molar-refractivity contribution in [3.05, 3.63) is 0 Å². The summed E-state index contributed by atoms with van der Waals surface area (Å²) in [5, 5.41) is 0. The van der Waals surface area contributed by atoms with Crippen LogP contribution in [0.4, 0.5) is 4.39 Å². The smallest absolute Gasteiger partial charge is 0.305 e. The van der Waals surface area contributed by atoms with Crippen molar-refractivity contribution >= 4 is 5.97 Å². The molecule has 0 atom stereocenters. The van der Waals surface area contributed by atoms with Gasteiger partial charge in [-0.25, -0.2) is 0 Å². The Hall–Kier alpha value is -0.600. The molecule has 0 aliphatic rings. The van der Waals surface area contributed by atoms with Crippen LogP contribution in [0.1, 0.15) is 77.0 Å². The fourth-order valence-corrected chi connectivity index (χ4v) is 2.06. The molecule has 0 N–H and O–H groups in total. The Kier molecular flexibility index (Phi) is 14.0. The quantitative estimate of drug-likeness (QED) is 0.351. The Morgan fingerprint density at radius 1 is 0.778 bits per heavy atom. The second-order valence-electron chi connectivity index (χ2n) is 4.90. The van der Waals surface area contributed by atoms with Crippen molar-refractivity contribution in [1.82, 2.24) is 0 Å². The van der Waals surface area contributed by atoms with Crippen LogP contribution in [0.5, 0.6) is 0 Å². The first kappa shape index (κ1) is 17.4. The number of carbonyl (C=O) groups is 1. The first-order valence-electron chi connectivity index (χ1n) is 7.44. The van der Waals surface area contributed by atoms with E-state index in [1.54, 1.807) is 0 Å². The molecule has 0 rings (SSSR count). The third kappa shape index (κ3) is 13.5. The summed E-state index contributed by atoms with van der Waals surface area (Å²) in [5.41, 5.74) is 0. The van der Waals surface area contributed by atoms with Gasteiger partial charge in [0.1, 0.15) is 0 Å². The average molecular weight is 260 g/mol. The van der Waals surface area contributed by atoms with Gasteiger partial charge in [0, 0.05) is 6.42 Å². The average Bonchev–Trinajstić information content (AvgIpc) is 2.39. The summed E-state index contributed by atoms with van der Waals surface area (Å²) >= 11 is 0. The minimum atomic E-state index is -0.161. The Morgan fingerprint density at radius 3 is 1.56 bits per heavy atom. The maximum atomic E-state index is 11.8. The lowest BCUT2D eigenvalue weighted by Gasteiger charge is -2.02. The third-order valence-corrected chi connectivity index (χ3v) is 3.24. The van der Waals surface area contributed by atoms with Gasteiger partial charge in [-0.15, -0.1) is 0 Å². The molecule has 0 spiro atoms. The Bertz CT molecular complexity index is 183. The molecule has 0 unspecified atom stereocenters. The Balaban J connectivity index is 2.97. The summed E-state index contributed by atoms with van der Waals surface area (Å²) in [4.78, 5) is 10.8. The molecule has 108 valence electrons. The van der Waals surface area contributed by atoms with Gasteiger partial charge in [0.2, 0.25) is 0 Å². The van der Waals surface area contributed by atoms with Crippen LogP contribution in [-0.4, -0.2) is 19.8 Å². The molecule has 0 aromatic heterocycles. The molecule has 0 aliphatic heterocycles. The van der Waals surface area contributed by atoms with Crippen LogP contribution < -0.4 is 0 Å². The lowest BCUT2D eigenvalue weighted by atomic mass is 10.1. The highest BCUT2D eigenvalue weighted by atomic mass is 19.1. The minimum absolute atomic E-state index is 0.0942. The van der Waals surface area contributed by atoms with E-state index in [1.165, 1.54) is 52.1 Å². The summed E-state index contributed by atoms with van der Waals surface area (Å²) in [6.07, 6.45) is 13.2. The van der Waals surface area contributed by atoms with Crippen LogP contribution in [0, 0.1) is 0 Å². The van der Waals surface area contributed by atoms with Crippen LogP contribution in [-0.2, 0) is 9.53 Å². The normalized spacial score (nSPS) is 10.6. The van der Waals surface area contributed by atoms with Gasteiger partial charge < -0.3 is 4.74 Å². The molecule has 0 radical (unpaired) electrons. The van der Waals surface area contributed by atoms with Crippen molar-refractivity contribution in [2.75, 3.05) is 13.8 Å². The maximum absolute atomic E-state index is 11.8. The number of halogens is 1. The van der Waals surface area contributed by atoms with Crippen molar-refractivity contribution < 1.29 is 13.9 Å². The van der Waals surface area contributed by atoms with E-state index in [-0.39, 0.29) is 12.6 Å². The SMILES string of the molecule is COC(=O)CCCCCCCCCCCCCF. The van der Waals surface area contributed by atoms with E-state index >= 15 is 0 Å². The molecule has 18 heavy (non-hydrogen) atoms. The van der Waals surface area contributed by atoms with Crippen LogP contribution in [0.15, 0.2) is 0 Å². The predicted molar refractivity (Wildman–Crippen MR) is 73.4 cm³/mol. The Labute approximate surface area is 111 Å². The molecule has 0 aliphatic carbocycles. The fraction of sp³-hybridized carbons (Fsp3) is 0.933. The number of hydrogen-bond donors (Lipinski definition) is 0. The summed E-state index contributed by atoms with van der Waals surface area (Å²) < 4.78 is 16.4. The van der Waals surface area contributed by atoms with Crippen molar-refractivity contribution in [3.8, 4) is 0 Å². The molecular weight excluding hydrogens is 231 g/mol. The first-order chi connectivity index (χ1) is 8.81. The van der Waals surface area contributed by atoms with Gasteiger partial charge in [-0.2, -0.15) is 0 Å². The third-order valence-electron chi connectivity index (χ3n) is 3.24. The van der Waals surface area contributed by atoms with Gasteiger partial charge in [-0.05, 0) is 12.8 Å². The second-order valence-corrected chi connectivity index (χ2v) is 4.90. The van der Waals surface area contributed by atoms with E-state index in [9.17, 15) is 9.18 Å². The van der Waals surface area contributed by atoms with E-state index in [0.29, 0.717) is 6.42 Å². The van der Waals surface area contributed by atoms with Crippen LogP contribution in [0.2, 0.25) is 0 Å². The largest absolute Gasteiger partial charge is 0.469 e. The van der Waals surface area contributed by atoms with E-state index < -0.39 is 0 Å². The molecule has 0 bridgehead atoms. The van der Waals surface area contributed by atoms with E-state index in [4.69, 9.17) is 0 Å². The van der Waals surface area contributed by atoms with Crippen molar-refractivity contribution in [1.29, 1.82) is 0 Å². The number of alkyl halides is 1. The zero-order valence-electron chi connectivity index (χ0n) is 11.9. The summed E-state index contributed by atoms with van der Waals surface area (Å²) in [6, 6.07) is 0. The van der Waals surface area contributed by atoms with Gasteiger partial charge in [-0.3, -0.25) is 9.18 Å². The van der Waals surface area contributed by atoms with E-state index in [1.807, 2.05) is 0 Å². The highest BCUT2D eigenvalue weighted by Crippen LogP contribution is 2.12. The van der Waals surface area contributed by atoms with Crippen molar-refractivity contribution in [3.63, 3.8) is 0 Å². The molecule has 2 nitrogen and oxygen atoms in total. The first-order valence-corrected chi connectivity index (χ1v) is 7.44. The van der Waals surface area contributed by atoms with Crippen molar-refractivity contribution in [2.24, 2.45) is 0 Å². The number of carbonyl (C=O) groups excluding carboxylic acids is 1. The predicted octanol–water partition coefficient (Wildman–Crippen LogP) is 4.81. The molecule has 0 saturated carbocycles. The highest BCUT2D eigenvalue weighted by molar-refractivity contribution is 5.68. The maximum Gasteiger partial charge on any atom is 0.305 e. The molecule has 0 amide bonds. The molecule has 0 heterocycles. The lowest BCUT2D eigenvalue weighted by molar-refractivity contribution is -0.140. The topological polar surface area (TPSA) is 26.3 Å². The molecule has 3 heteroatoms. The van der Waals surface area contributed by atoms with Gasteiger partial charge in [0.15, 0.2) is 0 Å². The lowest BCUT2D eigenvalue weighted by Crippen LogP contribution is -1.99. The number of methoxy groups -OCH3 is 1. The monoisotopic (exact) mass is 260 g/mol. The highest BCUT2D eigenvalue weighted by Gasteiger charge is 1.99. The second kappa shape index (κ2) is 14.5. The summed E-state index contributed by atoms with van der Waals surface area (Å²) in [5.74, 6) is -0.0942. The Morgan fingerprint density at radius 2 is 1.17 bits per heavy atom. The number of hydrogen-bond acceptors (Lipinski definition) is 2. The van der Waals surface area contributed by atoms with Crippen LogP contribution >= 0.6 is 0 Å². The standard InChI is InChI=1S/C15H29FO2/c1-18-15(17)13-11-9-7-5-3-2-4-6-8-10-12-14-16/h2-14H2,1H3. The summed E-state index contributed by atoms with van der Waals surface area (Å²) in [7, 11) is 1.44. The number of rotatable bonds is 13. The fourth-order valence-electron chi connectivity index (χ4n) is 2.06. The molecular formula is C15H29FO2. The van der Waals surface area contributed by atoms with Crippen molar-refractivity contribution in [2.45, 2.75) is 77.0 Å².